The number of anilines is 2. The summed E-state index contributed by atoms with van der Waals surface area (Å²) in [7, 11) is 0. The quantitative estimate of drug-likeness (QED) is 0.273. The number of alkyl halides is 1. The van der Waals surface area contributed by atoms with Crippen molar-refractivity contribution in [3.8, 4) is 28.7 Å². The molecule has 0 radical (unpaired) electrons. The van der Waals surface area contributed by atoms with Crippen LogP contribution in [0, 0.1) is 11.3 Å². The van der Waals surface area contributed by atoms with Gasteiger partial charge in [-0.15, -0.1) is 0 Å². The minimum absolute atomic E-state index is 0.158. The molecule has 0 aromatic carbocycles. The van der Waals surface area contributed by atoms with E-state index in [4.69, 9.17) is 9.78 Å². The van der Waals surface area contributed by atoms with E-state index < -0.39 is 17.7 Å². The molecule has 0 unspecified atom stereocenters. The van der Waals surface area contributed by atoms with Gasteiger partial charge in [0, 0.05) is 6.20 Å². The Morgan fingerprint density at radius 2 is 1.97 bits per heavy atom. The highest BCUT2D eigenvalue weighted by Crippen LogP contribution is 2.28. The van der Waals surface area contributed by atoms with Crippen LogP contribution in [0.15, 0.2) is 72.0 Å². The summed E-state index contributed by atoms with van der Waals surface area (Å²) >= 11 is 0. The fraction of sp³-hybridized carbons (Fsp3) is 0.185. The predicted molar refractivity (Wildman–Crippen MR) is 140 cm³/mol. The molecule has 0 saturated carbocycles. The molecule has 12 heteroatoms. The molecule has 0 fully saturated rings. The van der Waals surface area contributed by atoms with Crippen LogP contribution in [0.25, 0.3) is 28.2 Å². The van der Waals surface area contributed by atoms with Crippen LogP contribution < -0.4 is 10.6 Å². The van der Waals surface area contributed by atoms with Gasteiger partial charge in [0.05, 0.1) is 81.4 Å². The number of aliphatic hydroxyl groups is 1. The van der Waals surface area contributed by atoms with Crippen LogP contribution in [0.4, 0.5) is 15.8 Å². The lowest BCUT2D eigenvalue weighted by atomic mass is 10.0. The number of hydrogen-bond donors (Lipinski definition) is 3. The number of amides is 1. The normalized spacial score (nSPS) is 12.2. The molecule has 5 aromatic heterocycles. The lowest BCUT2D eigenvalue weighted by Gasteiger charge is -2.22. The van der Waals surface area contributed by atoms with Crippen molar-refractivity contribution in [2.24, 2.45) is 0 Å². The molecule has 0 aliphatic carbocycles. The Morgan fingerprint density at radius 1 is 1.15 bits per heavy atom. The topological polar surface area (TPSA) is 154 Å². The van der Waals surface area contributed by atoms with Crippen LogP contribution in [0.3, 0.4) is 0 Å². The first kappa shape index (κ1) is 25.5. The molecule has 0 saturated heterocycles. The minimum atomic E-state index is -1.67. The molecule has 0 aliphatic rings. The second-order valence-corrected chi connectivity index (χ2v) is 9.33. The largest absolute Gasteiger partial charge is 0.387 e. The third-order valence-corrected chi connectivity index (χ3v) is 6.02. The minimum Gasteiger partial charge on any atom is -0.387 e. The van der Waals surface area contributed by atoms with Crippen LogP contribution in [0.5, 0.6) is 0 Å². The molecule has 5 rings (SSSR count). The highest BCUT2D eigenvalue weighted by molar-refractivity contribution is 6.00. The maximum Gasteiger partial charge on any atom is 0.255 e. The van der Waals surface area contributed by atoms with E-state index in [0.29, 0.717) is 45.1 Å². The van der Waals surface area contributed by atoms with E-state index in [2.05, 4.69) is 36.9 Å². The molecule has 5 aromatic rings. The van der Waals surface area contributed by atoms with Gasteiger partial charge in [-0.25, -0.2) is 8.91 Å². The Hall–Kier alpha value is -5.15. The van der Waals surface area contributed by atoms with Gasteiger partial charge < -0.3 is 20.3 Å². The Kier molecular flexibility index (Phi) is 6.74. The maximum atomic E-state index is 14.3. The second-order valence-electron chi connectivity index (χ2n) is 9.33. The van der Waals surface area contributed by atoms with Gasteiger partial charge in [-0.05, 0) is 50.2 Å². The zero-order valence-corrected chi connectivity index (χ0v) is 21.0. The van der Waals surface area contributed by atoms with Gasteiger partial charge >= 0.3 is 0 Å². The number of rotatable bonds is 8. The third kappa shape index (κ3) is 5.43. The van der Waals surface area contributed by atoms with Crippen LogP contribution in [0.1, 0.15) is 29.8 Å². The summed E-state index contributed by atoms with van der Waals surface area (Å²) in [5.74, 6) is -0.575. The van der Waals surface area contributed by atoms with Crippen molar-refractivity contribution in [2.45, 2.75) is 25.6 Å². The van der Waals surface area contributed by atoms with E-state index in [1.54, 1.807) is 41.2 Å². The Balaban J connectivity index is 1.49. The molecule has 39 heavy (non-hydrogen) atoms. The molecule has 0 aliphatic heterocycles. The van der Waals surface area contributed by atoms with E-state index in [9.17, 15) is 14.3 Å². The van der Waals surface area contributed by atoms with Crippen molar-refractivity contribution in [1.82, 2.24) is 30.1 Å². The number of nitriles is 1. The number of aromatic nitrogens is 5. The summed E-state index contributed by atoms with van der Waals surface area (Å²) in [6, 6.07) is 12.6. The number of carbonyl (C=O) groups is 1. The van der Waals surface area contributed by atoms with Crippen molar-refractivity contribution < 1.29 is 18.8 Å². The first-order chi connectivity index (χ1) is 18.7. The van der Waals surface area contributed by atoms with Gasteiger partial charge in [0.25, 0.3) is 5.91 Å². The zero-order valence-electron chi connectivity index (χ0n) is 21.0. The molecule has 5 heterocycles. The van der Waals surface area contributed by atoms with Crippen LogP contribution in [0.2, 0.25) is 0 Å². The predicted octanol–water partition coefficient (Wildman–Crippen LogP) is 3.90. The molecular formula is C27H23FN8O3. The van der Waals surface area contributed by atoms with Crippen molar-refractivity contribution >= 4 is 22.8 Å². The summed E-state index contributed by atoms with van der Waals surface area (Å²) in [5.41, 5.74) is 3.15. The number of halogens is 1. The third-order valence-electron chi connectivity index (χ3n) is 6.02. The summed E-state index contributed by atoms with van der Waals surface area (Å²) in [4.78, 5) is 21.9. The fourth-order valence-electron chi connectivity index (χ4n) is 3.79. The van der Waals surface area contributed by atoms with E-state index in [0.717, 1.165) is 0 Å². The fourth-order valence-corrected chi connectivity index (χ4v) is 3.79. The summed E-state index contributed by atoms with van der Waals surface area (Å²) in [6.45, 7) is 2.28. The smallest absolute Gasteiger partial charge is 0.255 e. The molecular weight excluding hydrogens is 503 g/mol. The molecule has 3 N–H and O–H groups in total. The average Bonchev–Trinajstić information content (AvgIpc) is 3.61. The number of pyridine rings is 2. The summed E-state index contributed by atoms with van der Waals surface area (Å²) in [5, 5.41) is 32.8. The van der Waals surface area contributed by atoms with E-state index in [-0.39, 0.29) is 12.1 Å². The highest BCUT2D eigenvalue weighted by atomic mass is 19.1. The van der Waals surface area contributed by atoms with E-state index >= 15 is 0 Å². The van der Waals surface area contributed by atoms with Crippen LogP contribution in [-0.2, 0) is 0 Å². The second kappa shape index (κ2) is 10.3. The first-order valence-electron chi connectivity index (χ1n) is 11.9. The van der Waals surface area contributed by atoms with Gasteiger partial charge in [0.15, 0.2) is 0 Å². The van der Waals surface area contributed by atoms with Crippen molar-refractivity contribution in [2.75, 3.05) is 11.9 Å². The standard InChI is InChI=1S/C27H23FN8O3/c1-27(2,38)25(28)14-32-26(37)20-13-31-23(24-6-4-19-7-16(9-29)10-33-36(19)24)8-22(20)35-18-3-5-21(30-12-18)17-11-34-39-15-17/h3-8,10-13,15,25,38H,14H2,1-2H3,(H,31,35)(H,32,37)/t25-/m1/s1. The lowest BCUT2D eigenvalue weighted by molar-refractivity contribution is -0.00177. The average molecular weight is 527 g/mol. The van der Waals surface area contributed by atoms with Gasteiger partial charge in [-0.3, -0.25) is 14.8 Å². The number of nitrogens with zero attached hydrogens (tertiary/aromatic N) is 6. The van der Waals surface area contributed by atoms with E-state index in [1.807, 2.05) is 12.1 Å². The van der Waals surface area contributed by atoms with Crippen LogP contribution >= 0.6 is 0 Å². The highest BCUT2D eigenvalue weighted by Gasteiger charge is 2.27. The summed E-state index contributed by atoms with van der Waals surface area (Å²) in [6.07, 6.45) is 5.79. The van der Waals surface area contributed by atoms with Crippen LogP contribution in [-0.4, -0.2) is 54.1 Å². The summed E-state index contributed by atoms with van der Waals surface area (Å²) < 4.78 is 20.8. The number of hydrogen-bond acceptors (Lipinski definition) is 9. The Bertz CT molecular complexity index is 1670. The van der Waals surface area contributed by atoms with Crippen molar-refractivity contribution in [1.29, 1.82) is 5.26 Å². The van der Waals surface area contributed by atoms with Gasteiger partial charge in [0.2, 0.25) is 0 Å². The molecule has 1 atom stereocenters. The van der Waals surface area contributed by atoms with E-state index in [1.165, 1.54) is 32.5 Å². The maximum absolute atomic E-state index is 14.3. The first-order valence-corrected chi connectivity index (χ1v) is 11.9. The number of fused-ring (bicyclic) bond motifs is 1. The van der Waals surface area contributed by atoms with Gasteiger partial charge in [0.1, 0.15) is 18.5 Å². The zero-order chi connectivity index (χ0) is 27.6. The van der Waals surface area contributed by atoms with Crippen molar-refractivity contribution in [3.63, 3.8) is 0 Å². The number of carbonyl (C=O) groups excluding carboxylic acids is 1. The molecule has 11 nitrogen and oxygen atoms in total. The Labute approximate surface area is 221 Å². The Morgan fingerprint density at radius 3 is 2.67 bits per heavy atom. The van der Waals surface area contributed by atoms with Gasteiger partial charge in [-0.2, -0.15) is 10.4 Å². The molecule has 196 valence electrons. The monoisotopic (exact) mass is 526 g/mol. The van der Waals surface area contributed by atoms with Gasteiger partial charge in [-0.1, -0.05) is 5.16 Å². The van der Waals surface area contributed by atoms with Crippen molar-refractivity contribution in [3.05, 3.63) is 78.6 Å². The molecule has 0 spiro atoms. The lowest BCUT2D eigenvalue weighted by Crippen LogP contribution is -2.42. The molecule has 1 amide bonds. The molecule has 0 bridgehead atoms. The number of nitrogens with one attached hydrogen (secondary N) is 2. The SMILES string of the molecule is CC(C)(O)[C@H](F)CNC(=O)c1cnc(-c2ccc3cc(C#N)cnn23)cc1Nc1ccc(-c2cnoc2)nc1.